The van der Waals surface area contributed by atoms with Gasteiger partial charge in [-0.1, -0.05) is 0 Å². The summed E-state index contributed by atoms with van der Waals surface area (Å²) in [5.74, 6) is 0.174. The van der Waals surface area contributed by atoms with Crippen molar-refractivity contribution >= 4 is 24.8 Å². The van der Waals surface area contributed by atoms with Gasteiger partial charge in [-0.05, 0) is 36.6 Å². The molecule has 1 heterocycles. The highest BCUT2D eigenvalue weighted by molar-refractivity contribution is 5.85. The molecule has 1 atom stereocenters. The van der Waals surface area contributed by atoms with E-state index in [4.69, 9.17) is 10.8 Å². The largest absolute Gasteiger partial charge is 0.396 e. The van der Waals surface area contributed by atoms with Crippen LogP contribution in [0.4, 0.5) is 0 Å². The first-order chi connectivity index (χ1) is 5.86. The first kappa shape index (κ1) is 16.1. The van der Waals surface area contributed by atoms with E-state index in [0.717, 1.165) is 6.42 Å². The van der Waals surface area contributed by atoms with Gasteiger partial charge in [0.05, 0.1) is 0 Å². The van der Waals surface area contributed by atoms with Gasteiger partial charge in [0, 0.05) is 19.0 Å². The Kier molecular flexibility index (Phi) is 10.6. The molecule has 0 radical (unpaired) electrons. The van der Waals surface area contributed by atoms with Crippen molar-refractivity contribution in [3.8, 4) is 0 Å². The summed E-state index contributed by atoms with van der Waals surface area (Å²) in [7, 11) is 0. The predicted molar refractivity (Wildman–Crippen MR) is 62.1 cm³/mol. The molecular formula is C9H16Cl2N2O. The van der Waals surface area contributed by atoms with Crippen LogP contribution < -0.4 is 5.73 Å². The number of aliphatic hydroxyl groups excluding tert-OH is 1. The van der Waals surface area contributed by atoms with Crippen LogP contribution in [0.15, 0.2) is 24.5 Å². The second-order valence-corrected chi connectivity index (χ2v) is 2.84. The molecule has 0 spiro atoms. The number of nitrogens with zero attached hydrogens (tertiary/aromatic N) is 1. The Morgan fingerprint density at radius 3 is 2.29 bits per heavy atom. The standard InChI is InChI=1S/C9H14N2O.2ClH/c10-6-9(7-12)5-8-1-3-11-4-2-8;;/h1-4,9,12H,5-7,10H2;2*1H. The van der Waals surface area contributed by atoms with E-state index < -0.39 is 0 Å². The van der Waals surface area contributed by atoms with Gasteiger partial charge in [0.25, 0.3) is 0 Å². The number of pyridine rings is 1. The highest BCUT2D eigenvalue weighted by Gasteiger charge is 2.04. The zero-order valence-electron chi connectivity index (χ0n) is 7.80. The Labute approximate surface area is 96.6 Å². The zero-order chi connectivity index (χ0) is 8.81. The molecule has 0 aliphatic carbocycles. The molecule has 0 amide bonds. The number of aliphatic hydroxyl groups is 1. The van der Waals surface area contributed by atoms with Crippen LogP contribution in [0.2, 0.25) is 0 Å². The fourth-order valence-corrected chi connectivity index (χ4v) is 1.07. The quantitative estimate of drug-likeness (QED) is 0.825. The fraction of sp³-hybridized carbons (Fsp3) is 0.444. The summed E-state index contributed by atoms with van der Waals surface area (Å²) in [6.07, 6.45) is 4.33. The minimum atomic E-state index is 0. The SMILES string of the molecule is Cl.Cl.NCC(CO)Cc1ccncc1. The fourth-order valence-electron chi connectivity index (χ4n) is 1.07. The summed E-state index contributed by atoms with van der Waals surface area (Å²) >= 11 is 0. The van der Waals surface area contributed by atoms with E-state index in [9.17, 15) is 0 Å². The molecule has 1 aromatic rings. The van der Waals surface area contributed by atoms with E-state index in [1.54, 1.807) is 12.4 Å². The molecular weight excluding hydrogens is 223 g/mol. The highest BCUT2D eigenvalue weighted by atomic mass is 35.5. The van der Waals surface area contributed by atoms with Gasteiger partial charge in [-0.15, -0.1) is 24.8 Å². The summed E-state index contributed by atoms with van der Waals surface area (Å²) in [6.45, 7) is 0.678. The minimum absolute atomic E-state index is 0. The molecule has 3 nitrogen and oxygen atoms in total. The molecule has 82 valence electrons. The molecule has 0 fully saturated rings. The zero-order valence-corrected chi connectivity index (χ0v) is 9.43. The molecule has 0 saturated heterocycles. The summed E-state index contributed by atoms with van der Waals surface area (Å²) < 4.78 is 0. The topological polar surface area (TPSA) is 59.1 Å². The average Bonchev–Trinajstić information content (AvgIpc) is 2.16. The molecule has 3 N–H and O–H groups in total. The first-order valence-corrected chi connectivity index (χ1v) is 4.06. The van der Waals surface area contributed by atoms with Gasteiger partial charge >= 0.3 is 0 Å². The average molecular weight is 239 g/mol. The Bertz CT molecular complexity index is 217. The van der Waals surface area contributed by atoms with E-state index in [1.165, 1.54) is 5.56 Å². The van der Waals surface area contributed by atoms with Crippen molar-refractivity contribution in [3.05, 3.63) is 30.1 Å². The maximum Gasteiger partial charge on any atom is 0.0474 e. The number of rotatable bonds is 4. The normalized spacial score (nSPS) is 11.0. The van der Waals surface area contributed by atoms with E-state index in [2.05, 4.69) is 4.98 Å². The van der Waals surface area contributed by atoms with Crippen molar-refractivity contribution in [3.63, 3.8) is 0 Å². The molecule has 5 heteroatoms. The molecule has 0 bridgehead atoms. The van der Waals surface area contributed by atoms with Crippen LogP contribution in [-0.4, -0.2) is 23.2 Å². The second-order valence-electron chi connectivity index (χ2n) is 2.84. The van der Waals surface area contributed by atoms with Crippen molar-refractivity contribution in [1.82, 2.24) is 4.98 Å². The van der Waals surface area contributed by atoms with Crippen LogP contribution in [0.3, 0.4) is 0 Å². The van der Waals surface area contributed by atoms with E-state index in [1.807, 2.05) is 12.1 Å². The van der Waals surface area contributed by atoms with Crippen molar-refractivity contribution in [2.24, 2.45) is 11.7 Å². The maximum atomic E-state index is 8.89. The number of aromatic nitrogens is 1. The van der Waals surface area contributed by atoms with Gasteiger partial charge in [0.2, 0.25) is 0 Å². The number of hydrogen-bond donors (Lipinski definition) is 2. The van der Waals surface area contributed by atoms with Crippen molar-refractivity contribution in [1.29, 1.82) is 0 Å². The predicted octanol–water partition coefficient (Wildman–Crippen LogP) is 1.03. The van der Waals surface area contributed by atoms with Crippen LogP contribution in [0, 0.1) is 5.92 Å². The summed E-state index contributed by atoms with van der Waals surface area (Å²) in [5, 5.41) is 8.89. The molecule has 0 aromatic carbocycles. The summed E-state index contributed by atoms with van der Waals surface area (Å²) in [6, 6.07) is 3.89. The van der Waals surface area contributed by atoms with Gasteiger partial charge in [-0.2, -0.15) is 0 Å². The third-order valence-corrected chi connectivity index (χ3v) is 1.87. The second kappa shape index (κ2) is 9.21. The molecule has 0 aliphatic rings. The first-order valence-electron chi connectivity index (χ1n) is 4.06. The van der Waals surface area contributed by atoms with E-state index in [-0.39, 0.29) is 37.3 Å². The third-order valence-electron chi connectivity index (χ3n) is 1.87. The van der Waals surface area contributed by atoms with Gasteiger partial charge in [0.1, 0.15) is 0 Å². The summed E-state index contributed by atoms with van der Waals surface area (Å²) in [4.78, 5) is 3.91. The van der Waals surface area contributed by atoms with Crippen LogP contribution in [0.5, 0.6) is 0 Å². The van der Waals surface area contributed by atoms with Crippen LogP contribution >= 0.6 is 24.8 Å². The Balaban J connectivity index is 0. The maximum absolute atomic E-state index is 8.89. The lowest BCUT2D eigenvalue weighted by Crippen LogP contribution is -2.20. The lowest BCUT2D eigenvalue weighted by atomic mass is 10.0. The summed E-state index contributed by atoms with van der Waals surface area (Å²) in [5.41, 5.74) is 6.63. The minimum Gasteiger partial charge on any atom is -0.396 e. The van der Waals surface area contributed by atoms with Crippen molar-refractivity contribution in [2.45, 2.75) is 6.42 Å². The van der Waals surface area contributed by atoms with Crippen molar-refractivity contribution in [2.75, 3.05) is 13.2 Å². The van der Waals surface area contributed by atoms with E-state index in [0.29, 0.717) is 6.54 Å². The van der Waals surface area contributed by atoms with E-state index >= 15 is 0 Å². The van der Waals surface area contributed by atoms with Gasteiger partial charge in [0.15, 0.2) is 0 Å². The third kappa shape index (κ3) is 5.40. The molecule has 1 rings (SSSR count). The van der Waals surface area contributed by atoms with Crippen molar-refractivity contribution < 1.29 is 5.11 Å². The van der Waals surface area contributed by atoms with Gasteiger partial charge < -0.3 is 10.8 Å². The Morgan fingerprint density at radius 1 is 1.29 bits per heavy atom. The molecule has 1 unspecified atom stereocenters. The van der Waals surface area contributed by atoms with Crippen LogP contribution in [0.25, 0.3) is 0 Å². The lowest BCUT2D eigenvalue weighted by Gasteiger charge is -2.10. The number of halogens is 2. The van der Waals surface area contributed by atoms with Gasteiger partial charge in [-0.3, -0.25) is 4.98 Å². The number of hydrogen-bond acceptors (Lipinski definition) is 3. The van der Waals surface area contributed by atoms with Crippen LogP contribution in [0.1, 0.15) is 5.56 Å². The van der Waals surface area contributed by atoms with Gasteiger partial charge in [-0.25, -0.2) is 0 Å². The van der Waals surface area contributed by atoms with Crippen LogP contribution in [-0.2, 0) is 6.42 Å². The smallest absolute Gasteiger partial charge is 0.0474 e. The highest BCUT2D eigenvalue weighted by Crippen LogP contribution is 2.05. The molecule has 14 heavy (non-hydrogen) atoms. The Hall–Kier alpha value is -0.350. The molecule has 0 saturated carbocycles. The number of nitrogens with two attached hydrogens (primary N) is 1. The monoisotopic (exact) mass is 238 g/mol. The Morgan fingerprint density at radius 2 is 1.86 bits per heavy atom. The lowest BCUT2D eigenvalue weighted by molar-refractivity contribution is 0.230. The molecule has 1 aromatic heterocycles. The molecule has 0 aliphatic heterocycles.